The average molecular weight is 393 g/mol. The van der Waals surface area contributed by atoms with E-state index in [1.807, 2.05) is 0 Å². The lowest BCUT2D eigenvalue weighted by Crippen LogP contribution is -2.47. The fraction of sp³-hybridized carbons (Fsp3) is 0.520. The Hall–Kier alpha value is -2.04. The number of anilines is 1. The van der Waals surface area contributed by atoms with Crippen molar-refractivity contribution in [3.63, 3.8) is 0 Å². The predicted octanol–water partition coefficient (Wildman–Crippen LogP) is 3.85. The molecular formula is C25H32N2O2. The van der Waals surface area contributed by atoms with Crippen LogP contribution in [0.2, 0.25) is 0 Å². The molecule has 1 saturated heterocycles. The summed E-state index contributed by atoms with van der Waals surface area (Å²) in [6.45, 7) is 7.17. The number of aryl methyl sites for hydroxylation is 2. The number of benzene rings is 2. The number of rotatable bonds is 3. The van der Waals surface area contributed by atoms with Gasteiger partial charge in [0.25, 0.3) is 0 Å². The van der Waals surface area contributed by atoms with Crippen LogP contribution in [0.5, 0.6) is 5.75 Å². The maximum absolute atomic E-state index is 10.9. The summed E-state index contributed by atoms with van der Waals surface area (Å²) in [6, 6.07) is 11.6. The van der Waals surface area contributed by atoms with Gasteiger partial charge in [-0.15, -0.1) is 0 Å². The van der Waals surface area contributed by atoms with Gasteiger partial charge in [-0.05, 0) is 79.8 Å². The third-order valence-electron chi connectivity index (χ3n) is 7.19. The van der Waals surface area contributed by atoms with Crippen LogP contribution in [0.1, 0.15) is 53.2 Å². The van der Waals surface area contributed by atoms with Crippen LogP contribution in [0, 0.1) is 13.8 Å². The molecule has 2 aromatic carbocycles. The van der Waals surface area contributed by atoms with E-state index in [-0.39, 0.29) is 6.04 Å². The molecule has 2 aromatic rings. The summed E-state index contributed by atoms with van der Waals surface area (Å²) in [4.78, 5) is 2.48. The number of aliphatic hydroxyl groups is 1. The maximum Gasteiger partial charge on any atom is 0.145 e. The minimum atomic E-state index is -0.391. The van der Waals surface area contributed by atoms with E-state index in [1.165, 1.54) is 27.9 Å². The number of aliphatic hydroxyl groups excluding tert-OH is 1. The van der Waals surface area contributed by atoms with E-state index in [0.717, 1.165) is 63.1 Å². The van der Waals surface area contributed by atoms with E-state index in [2.05, 4.69) is 54.4 Å². The first-order valence-corrected chi connectivity index (χ1v) is 11.1. The standard InChI is InChI=1S/C25H32N2O2/c1-16-8-9-19-15-21(24(28)23(19)17(16)2)26-20-10-12-27(13-11-20)22-7-3-5-18-6-4-14-29-25(18)22/h3,5,7-9,20-21,24,26,28H,4,6,10-15H2,1-2H3. The van der Waals surface area contributed by atoms with E-state index < -0.39 is 6.10 Å². The molecule has 1 fully saturated rings. The second kappa shape index (κ2) is 7.66. The number of piperidine rings is 1. The third-order valence-corrected chi connectivity index (χ3v) is 7.19. The van der Waals surface area contributed by atoms with Crippen LogP contribution in [0.25, 0.3) is 0 Å². The number of ether oxygens (including phenoxy) is 1. The van der Waals surface area contributed by atoms with Crippen molar-refractivity contribution in [1.29, 1.82) is 0 Å². The number of nitrogens with zero attached hydrogens (tertiary/aromatic N) is 1. The van der Waals surface area contributed by atoms with Crippen molar-refractivity contribution in [3.05, 3.63) is 58.1 Å². The highest BCUT2D eigenvalue weighted by atomic mass is 16.5. The van der Waals surface area contributed by atoms with Gasteiger partial charge >= 0.3 is 0 Å². The van der Waals surface area contributed by atoms with E-state index in [1.54, 1.807) is 0 Å². The van der Waals surface area contributed by atoms with Gasteiger partial charge in [0.1, 0.15) is 5.75 Å². The molecule has 5 rings (SSSR count). The molecule has 4 heteroatoms. The lowest BCUT2D eigenvalue weighted by atomic mass is 9.98. The van der Waals surface area contributed by atoms with Crippen LogP contribution in [0.15, 0.2) is 30.3 Å². The summed E-state index contributed by atoms with van der Waals surface area (Å²) in [5, 5.41) is 14.7. The zero-order chi connectivity index (χ0) is 20.0. The molecular weight excluding hydrogens is 360 g/mol. The van der Waals surface area contributed by atoms with Gasteiger partial charge in [0.05, 0.1) is 18.4 Å². The first kappa shape index (κ1) is 19.0. The van der Waals surface area contributed by atoms with Gasteiger partial charge in [-0.25, -0.2) is 0 Å². The van der Waals surface area contributed by atoms with Gasteiger partial charge in [0.15, 0.2) is 0 Å². The van der Waals surface area contributed by atoms with E-state index in [4.69, 9.17) is 4.74 Å². The molecule has 0 bridgehead atoms. The SMILES string of the molecule is Cc1ccc2c(c1C)C(O)C(NC1CCN(c3cccc4c3OCCC4)CC1)C2. The van der Waals surface area contributed by atoms with Crippen molar-refractivity contribution >= 4 is 5.69 Å². The van der Waals surface area contributed by atoms with Gasteiger partial charge in [-0.2, -0.15) is 0 Å². The van der Waals surface area contributed by atoms with E-state index in [9.17, 15) is 5.11 Å². The first-order valence-electron chi connectivity index (χ1n) is 11.1. The quantitative estimate of drug-likeness (QED) is 0.833. The lowest BCUT2D eigenvalue weighted by Gasteiger charge is -2.37. The Kier molecular flexibility index (Phi) is 5.00. The molecule has 3 aliphatic rings. The van der Waals surface area contributed by atoms with Crippen molar-refractivity contribution < 1.29 is 9.84 Å². The Morgan fingerprint density at radius 2 is 1.90 bits per heavy atom. The summed E-state index contributed by atoms with van der Waals surface area (Å²) < 4.78 is 6.02. The zero-order valence-electron chi connectivity index (χ0n) is 17.6. The molecule has 2 unspecified atom stereocenters. The van der Waals surface area contributed by atoms with Gasteiger partial charge in [0, 0.05) is 25.2 Å². The normalized spacial score (nSPS) is 24.2. The molecule has 0 spiro atoms. The number of fused-ring (bicyclic) bond motifs is 2. The Morgan fingerprint density at radius 3 is 2.72 bits per heavy atom. The first-order chi connectivity index (χ1) is 14.1. The molecule has 154 valence electrons. The number of para-hydroxylation sites is 1. The fourth-order valence-corrected chi connectivity index (χ4v) is 5.39. The fourth-order valence-electron chi connectivity index (χ4n) is 5.39. The van der Waals surface area contributed by atoms with E-state index >= 15 is 0 Å². The van der Waals surface area contributed by atoms with Crippen LogP contribution >= 0.6 is 0 Å². The molecule has 29 heavy (non-hydrogen) atoms. The van der Waals surface area contributed by atoms with Gasteiger partial charge in [-0.3, -0.25) is 0 Å². The van der Waals surface area contributed by atoms with Crippen molar-refractivity contribution in [2.24, 2.45) is 0 Å². The number of hydrogen-bond donors (Lipinski definition) is 2. The minimum absolute atomic E-state index is 0.134. The highest BCUT2D eigenvalue weighted by Gasteiger charge is 2.34. The van der Waals surface area contributed by atoms with Crippen LogP contribution < -0.4 is 15.0 Å². The van der Waals surface area contributed by atoms with Crippen LogP contribution in [-0.2, 0) is 12.8 Å². The summed E-state index contributed by atoms with van der Waals surface area (Å²) >= 11 is 0. The van der Waals surface area contributed by atoms with Crippen LogP contribution in [-0.4, -0.2) is 36.9 Å². The largest absolute Gasteiger partial charge is 0.491 e. The highest BCUT2D eigenvalue weighted by molar-refractivity contribution is 5.62. The molecule has 0 saturated carbocycles. The Labute approximate surface area is 173 Å². The second-order valence-corrected chi connectivity index (χ2v) is 8.98. The Balaban J connectivity index is 1.23. The summed E-state index contributed by atoms with van der Waals surface area (Å²) in [5.74, 6) is 1.11. The third kappa shape index (κ3) is 3.43. The molecule has 4 nitrogen and oxygen atoms in total. The molecule has 2 N–H and O–H groups in total. The van der Waals surface area contributed by atoms with Crippen molar-refractivity contribution in [2.75, 3.05) is 24.6 Å². The molecule has 2 heterocycles. The average Bonchev–Trinajstić information content (AvgIpc) is 3.07. The zero-order valence-corrected chi connectivity index (χ0v) is 17.6. The van der Waals surface area contributed by atoms with Crippen molar-refractivity contribution in [1.82, 2.24) is 5.32 Å². The Bertz CT molecular complexity index is 902. The topological polar surface area (TPSA) is 44.7 Å². The Morgan fingerprint density at radius 1 is 1.07 bits per heavy atom. The van der Waals surface area contributed by atoms with Gasteiger partial charge in [-0.1, -0.05) is 24.3 Å². The summed E-state index contributed by atoms with van der Waals surface area (Å²) in [6.07, 6.45) is 4.98. The van der Waals surface area contributed by atoms with Gasteiger partial charge < -0.3 is 20.1 Å². The number of hydrogen-bond acceptors (Lipinski definition) is 4. The second-order valence-electron chi connectivity index (χ2n) is 8.98. The highest BCUT2D eigenvalue weighted by Crippen LogP contribution is 2.38. The van der Waals surface area contributed by atoms with Crippen molar-refractivity contribution in [3.8, 4) is 5.75 Å². The molecule has 0 aromatic heterocycles. The molecule has 2 atom stereocenters. The van der Waals surface area contributed by atoms with E-state index in [0.29, 0.717) is 6.04 Å². The molecule has 0 radical (unpaired) electrons. The molecule has 0 amide bonds. The molecule has 2 aliphatic heterocycles. The van der Waals surface area contributed by atoms with Crippen molar-refractivity contribution in [2.45, 2.75) is 64.1 Å². The molecule has 1 aliphatic carbocycles. The van der Waals surface area contributed by atoms with Crippen LogP contribution in [0.3, 0.4) is 0 Å². The minimum Gasteiger partial charge on any atom is -0.491 e. The summed E-state index contributed by atoms with van der Waals surface area (Å²) in [5.41, 5.74) is 7.61. The lowest BCUT2D eigenvalue weighted by molar-refractivity contribution is 0.131. The maximum atomic E-state index is 10.9. The van der Waals surface area contributed by atoms with Crippen LogP contribution in [0.4, 0.5) is 5.69 Å². The predicted molar refractivity (Wildman–Crippen MR) is 117 cm³/mol. The number of nitrogens with one attached hydrogen (secondary N) is 1. The summed E-state index contributed by atoms with van der Waals surface area (Å²) in [7, 11) is 0. The smallest absolute Gasteiger partial charge is 0.145 e. The monoisotopic (exact) mass is 392 g/mol. The van der Waals surface area contributed by atoms with Gasteiger partial charge in [0.2, 0.25) is 0 Å².